The molecule has 2 amide bonds. The number of aromatic nitrogens is 1. The van der Waals surface area contributed by atoms with E-state index >= 15 is 0 Å². The molecule has 1 atom stereocenters. The van der Waals surface area contributed by atoms with Crippen LogP contribution in [0.3, 0.4) is 0 Å². The minimum Gasteiger partial charge on any atom is -0.496 e. The lowest BCUT2D eigenvalue weighted by Crippen LogP contribution is -2.28. The van der Waals surface area contributed by atoms with Crippen molar-refractivity contribution >= 4 is 34.0 Å². The summed E-state index contributed by atoms with van der Waals surface area (Å²) < 4.78 is 16.6. The zero-order chi connectivity index (χ0) is 22.9. The van der Waals surface area contributed by atoms with E-state index in [4.69, 9.17) is 14.2 Å². The molecule has 170 valence electrons. The van der Waals surface area contributed by atoms with Crippen molar-refractivity contribution in [1.82, 2.24) is 4.98 Å². The predicted molar refractivity (Wildman–Crippen MR) is 125 cm³/mol. The maximum atomic E-state index is 12.9. The van der Waals surface area contributed by atoms with E-state index < -0.39 is 5.92 Å². The Morgan fingerprint density at radius 1 is 1.18 bits per heavy atom. The normalized spacial score (nSPS) is 17.2. The number of nitrogens with zero attached hydrogens (tertiary/aromatic N) is 2. The number of anilines is 2. The van der Waals surface area contributed by atoms with Gasteiger partial charge in [-0.05, 0) is 31.2 Å². The first-order chi connectivity index (χ1) is 16.0. The van der Waals surface area contributed by atoms with Crippen molar-refractivity contribution in [2.45, 2.75) is 13.3 Å². The average molecular weight is 466 g/mol. The van der Waals surface area contributed by atoms with Gasteiger partial charge in [-0.15, -0.1) is 11.3 Å². The molecule has 0 bridgehead atoms. The van der Waals surface area contributed by atoms with Crippen LogP contribution >= 0.6 is 11.3 Å². The van der Waals surface area contributed by atoms with Crippen molar-refractivity contribution in [2.24, 2.45) is 5.92 Å². The number of amides is 2. The summed E-state index contributed by atoms with van der Waals surface area (Å²) >= 11 is 1.34. The fourth-order valence-corrected chi connectivity index (χ4v) is 4.73. The minimum atomic E-state index is -0.466. The van der Waals surface area contributed by atoms with E-state index in [1.165, 1.54) is 11.3 Å². The van der Waals surface area contributed by atoms with Gasteiger partial charge >= 0.3 is 0 Å². The zero-order valence-electron chi connectivity index (χ0n) is 18.3. The van der Waals surface area contributed by atoms with E-state index in [0.717, 1.165) is 22.6 Å². The van der Waals surface area contributed by atoms with Crippen molar-refractivity contribution < 1.29 is 23.8 Å². The standard InChI is InChI=1S/C24H23N3O5S/c1-14-3-5-19(30-2)17(9-14)18-13-33-24(25-18)26-23(29)15-10-22(28)27(12-15)16-4-6-20-21(11-16)32-8-7-31-20/h3-6,9,11,13,15H,7-8,10,12H2,1-2H3,(H,25,26,29). The highest BCUT2D eigenvalue weighted by atomic mass is 32.1. The van der Waals surface area contributed by atoms with Crippen molar-refractivity contribution in [3.63, 3.8) is 0 Å². The Bertz CT molecular complexity index is 1220. The van der Waals surface area contributed by atoms with Gasteiger partial charge in [0, 0.05) is 35.7 Å². The number of hydrogen-bond donors (Lipinski definition) is 1. The fourth-order valence-electron chi connectivity index (χ4n) is 4.02. The lowest BCUT2D eigenvalue weighted by molar-refractivity contribution is -0.122. The smallest absolute Gasteiger partial charge is 0.231 e. The van der Waals surface area contributed by atoms with Crippen LogP contribution in [0, 0.1) is 12.8 Å². The molecule has 2 aliphatic rings. The molecule has 1 saturated heterocycles. The van der Waals surface area contributed by atoms with Crippen LogP contribution in [0.25, 0.3) is 11.3 Å². The van der Waals surface area contributed by atoms with E-state index in [0.29, 0.717) is 42.1 Å². The fraction of sp³-hybridized carbons (Fsp3) is 0.292. The third kappa shape index (κ3) is 4.23. The number of benzene rings is 2. The van der Waals surface area contributed by atoms with Gasteiger partial charge in [-0.25, -0.2) is 4.98 Å². The number of nitrogens with one attached hydrogen (secondary N) is 1. The van der Waals surface area contributed by atoms with Crippen LogP contribution in [-0.4, -0.2) is 43.7 Å². The van der Waals surface area contributed by atoms with E-state index in [2.05, 4.69) is 10.3 Å². The predicted octanol–water partition coefficient (Wildman–Crippen LogP) is 3.89. The Labute approximate surface area is 195 Å². The SMILES string of the molecule is COc1ccc(C)cc1-c1csc(NC(=O)C2CC(=O)N(c3ccc4c(c3)OCCO4)C2)n1. The largest absolute Gasteiger partial charge is 0.496 e. The van der Waals surface area contributed by atoms with E-state index in [-0.39, 0.29) is 18.2 Å². The number of carbonyl (C=O) groups excluding carboxylic acids is 2. The summed E-state index contributed by atoms with van der Waals surface area (Å²) in [5, 5.41) is 5.25. The van der Waals surface area contributed by atoms with Gasteiger partial charge in [0.2, 0.25) is 11.8 Å². The van der Waals surface area contributed by atoms with Crippen LogP contribution in [0.2, 0.25) is 0 Å². The van der Waals surface area contributed by atoms with Gasteiger partial charge in [0.1, 0.15) is 19.0 Å². The maximum Gasteiger partial charge on any atom is 0.231 e. The van der Waals surface area contributed by atoms with E-state index in [9.17, 15) is 9.59 Å². The highest BCUT2D eigenvalue weighted by molar-refractivity contribution is 7.14. The number of hydrogen-bond acceptors (Lipinski definition) is 7. The summed E-state index contributed by atoms with van der Waals surface area (Å²) in [6, 6.07) is 11.3. The molecule has 3 aromatic rings. The molecule has 0 radical (unpaired) electrons. The molecule has 1 aromatic heterocycles. The second kappa shape index (κ2) is 8.74. The summed E-state index contributed by atoms with van der Waals surface area (Å²) in [6.07, 6.45) is 0.143. The number of methoxy groups -OCH3 is 1. The van der Waals surface area contributed by atoms with Gasteiger partial charge in [-0.3, -0.25) is 9.59 Å². The molecule has 2 aromatic carbocycles. The lowest BCUT2D eigenvalue weighted by atomic mass is 10.1. The lowest BCUT2D eigenvalue weighted by Gasteiger charge is -2.22. The van der Waals surface area contributed by atoms with Crippen LogP contribution in [0.15, 0.2) is 41.8 Å². The third-order valence-electron chi connectivity index (χ3n) is 5.70. The van der Waals surface area contributed by atoms with Crippen molar-refractivity contribution in [1.29, 1.82) is 0 Å². The topological polar surface area (TPSA) is 90.0 Å². The van der Waals surface area contributed by atoms with Crippen LogP contribution in [0.4, 0.5) is 10.8 Å². The second-order valence-corrected chi connectivity index (χ2v) is 8.82. The van der Waals surface area contributed by atoms with Gasteiger partial charge in [0.25, 0.3) is 0 Å². The molecule has 9 heteroatoms. The molecule has 8 nitrogen and oxygen atoms in total. The number of carbonyl (C=O) groups is 2. The third-order valence-corrected chi connectivity index (χ3v) is 6.46. The first-order valence-electron chi connectivity index (χ1n) is 10.6. The molecular weight excluding hydrogens is 442 g/mol. The Morgan fingerprint density at radius 2 is 2.00 bits per heavy atom. The van der Waals surface area contributed by atoms with Crippen LogP contribution in [0.1, 0.15) is 12.0 Å². The molecular formula is C24H23N3O5S. The Morgan fingerprint density at radius 3 is 2.82 bits per heavy atom. The Balaban J connectivity index is 1.28. The van der Waals surface area contributed by atoms with Crippen molar-refractivity contribution in [3.8, 4) is 28.5 Å². The molecule has 5 rings (SSSR count). The molecule has 1 fully saturated rings. The molecule has 1 N–H and O–H groups in total. The quantitative estimate of drug-likeness (QED) is 0.615. The highest BCUT2D eigenvalue weighted by Crippen LogP contribution is 2.37. The average Bonchev–Trinajstić information content (AvgIpc) is 3.45. The van der Waals surface area contributed by atoms with Gasteiger partial charge < -0.3 is 24.4 Å². The first-order valence-corrected chi connectivity index (χ1v) is 11.5. The van der Waals surface area contributed by atoms with Crippen LogP contribution < -0.4 is 24.4 Å². The van der Waals surface area contributed by atoms with Crippen LogP contribution in [-0.2, 0) is 9.59 Å². The van der Waals surface area contributed by atoms with Crippen molar-refractivity contribution in [2.75, 3.05) is 37.1 Å². The maximum absolute atomic E-state index is 12.9. The second-order valence-electron chi connectivity index (χ2n) is 7.96. The van der Waals surface area contributed by atoms with Gasteiger partial charge in [0.05, 0.1) is 18.7 Å². The number of thiazole rings is 1. The first kappa shape index (κ1) is 21.3. The van der Waals surface area contributed by atoms with Gasteiger partial charge in [0.15, 0.2) is 16.6 Å². The number of rotatable bonds is 5. The van der Waals surface area contributed by atoms with E-state index in [1.807, 2.05) is 36.6 Å². The summed E-state index contributed by atoms with van der Waals surface area (Å²) in [5.74, 6) is 1.21. The molecule has 3 heterocycles. The summed E-state index contributed by atoms with van der Waals surface area (Å²) in [7, 11) is 1.62. The number of ether oxygens (including phenoxy) is 3. The molecule has 1 unspecified atom stereocenters. The highest BCUT2D eigenvalue weighted by Gasteiger charge is 2.36. The minimum absolute atomic E-state index is 0.101. The summed E-state index contributed by atoms with van der Waals surface area (Å²) in [5.41, 5.74) is 3.39. The van der Waals surface area contributed by atoms with Gasteiger partial charge in [-0.1, -0.05) is 11.6 Å². The molecule has 0 aliphatic carbocycles. The number of fused-ring (bicyclic) bond motifs is 1. The Kier molecular flexibility index (Phi) is 5.63. The van der Waals surface area contributed by atoms with E-state index in [1.54, 1.807) is 24.1 Å². The van der Waals surface area contributed by atoms with Crippen LogP contribution in [0.5, 0.6) is 17.2 Å². The Hall–Kier alpha value is -3.59. The number of aryl methyl sites for hydroxylation is 1. The summed E-state index contributed by atoms with van der Waals surface area (Å²) in [6.45, 7) is 3.28. The van der Waals surface area contributed by atoms with Gasteiger partial charge in [-0.2, -0.15) is 0 Å². The monoisotopic (exact) mass is 465 g/mol. The summed E-state index contributed by atoms with van der Waals surface area (Å²) in [4.78, 5) is 31.7. The molecule has 0 saturated carbocycles. The molecule has 0 spiro atoms. The zero-order valence-corrected chi connectivity index (χ0v) is 19.1. The molecule has 33 heavy (non-hydrogen) atoms. The van der Waals surface area contributed by atoms with Crippen molar-refractivity contribution in [3.05, 3.63) is 47.3 Å². The molecule has 2 aliphatic heterocycles.